The molecule has 0 saturated heterocycles. The van der Waals surface area contributed by atoms with E-state index in [1.807, 2.05) is 0 Å². The van der Waals surface area contributed by atoms with Crippen LogP contribution in [0.3, 0.4) is 0 Å². The molecule has 20 heavy (non-hydrogen) atoms. The van der Waals surface area contributed by atoms with Crippen LogP contribution in [0.25, 0.3) is 0 Å². The maximum atomic E-state index is 11.9. The molecule has 8 heteroatoms. The number of benzene rings is 1. The first-order chi connectivity index (χ1) is 9.28. The molecule has 0 bridgehead atoms. The van der Waals surface area contributed by atoms with E-state index >= 15 is 0 Å². The van der Waals surface area contributed by atoms with Crippen molar-refractivity contribution in [2.24, 2.45) is 0 Å². The van der Waals surface area contributed by atoms with Gasteiger partial charge in [-0.25, -0.2) is 12.7 Å². The molecular weight excluding hydrogens is 282 g/mol. The van der Waals surface area contributed by atoms with Crippen molar-refractivity contribution in [3.05, 3.63) is 29.8 Å². The van der Waals surface area contributed by atoms with E-state index in [-0.39, 0.29) is 22.8 Å². The summed E-state index contributed by atoms with van der Waals surface area (Å²) in [4.78, 5) is 22.8. The first-order valence-corrected chi connectivity index (χ1v) is 7.34. The Hall–Kier alpha value is -1.93. The molecule has 0 heterocycles. The van der Waals surface area contributed by atoms with Gasteiger partial charge in [-0.3, -0.25) is 20.4 Å². The number of rotatable bonds is 4. The molecule has 0 unspecified atom stereocenters. The zero-order valence-electron chi connectivity index (χ0n) is 11.5. The summed E-state index contributed by atoms with van der Waals surface area (Å²) >= 11 is 0. The molecule has 0 aliphatic carbocycles. The molecule has 2 amide bonds. The third-order valence-corrected chi connectivity index (χ3v) is 4.32. The summed E-state index contributed by atoms with van der Waals surface area (Å²) in [5, 5.41) is 0. The van der Waals surface area contributed by atoms with Crippen molar-refractivity contribution in [3.8, 4) is 0 Å². The second kappa shape index (κ2) is 6.49. The number of hydrazine groups is 1. The maximum Gasteiger partial charge on any atom is 0.269 e. The summed E-state index contributed by atoms with van der Waals surface area (Å²) in [6, 6.07) is 5.58. The highest BCUT2D eigenvalue weighted by molar-refractivity contribution is 7.89. The van der Waals surface area contributed by atoms with E-state index in [1.54, 1.807) is 6.92 Å². The van der Waals surface area contributed by atoms with Gasteiger partial charge in [0.1, 0.15) is 0 Å². The lowest BCUT2D eigenvalue weighted by molar-refractivity contribution is -0.121. The Kier molecular flexibility index (Phi) is 5.23. The third kappa shape index (κ3) is 3.78. The SMILES string of the molecule is CCC(=O)NNC(=O)c1cccc(S(=O)(=O)N(C)C)c1. The van der Waals surface area contributed by atoms with Crippen molar-refractivity contribution < 1.29 is 18.0 Å². The molecule has 1 rings (SSSR count). The molecule has 110 valence electrons. The fourth-order valence-corrected chi connectivity index (χ4v) is 2.24. The molecule has 0 saturated carbocycles. The molecule has 0 aliphatic rings. The summed E-state index contributed by atoms with van der Waals surface area (Å²) in [6.07, 6.45) is 0.231. The van der Waals surface area contributed by atoms with Crippen LogP contribution < -0.4 is 10.9 Å². The van der Waals surface area contributed by atoms with E-state index in [4.69, 9.17) is 0 Å². The van der Waals surface area contributed by atoms with Crippen LogP contribution in [0.15, 0.2) is 29.2 Å². The van der Waals surface area contributed by atoms with Crippen LogP contribution in [0.4, 0.5) is 0 Å². The van der Waals surface area contributed by atoms with E-state index < -0.39 is 15.9 Å². The van der Waals surface area contributed by atoms with Gasteiger partial charge in [-0.05, 0) is 18.2 Å². The van der Waals surface area contributed by atoms with Crippen molar-refractivity contribution in [2.75, 3.05) is 14.1 Å². The first kappa shape index (κ1) is 16.1. The third-order valence-electron chi connectivity index (χ3n) is 2.51. The molecule has 1 aromatic rings. The predicted octanol–water partition coefficient (Wildman–Crippen LogP) is 0.108. The van der Waals surface area contributed by atoms with Gasteiger partial charge < -0.3 is 0 Å². The van der Waals surface area contributed by atoms with Gasteiger partial charge in [-0.2, -0.15) is 0 Å². The number of carbonyl (C=O) groups is 2. The van der Waals surface area contributed by atoms with Crippen molar-refractivity contribution >= 4 is 21.8 Å². The number of hydrogen-bond acceptors (Lipinski definition) is 4. The lowest BCUT2D eigenvalue weighted by atomic mass is 10.2. The first-order valence-electron chi connectivity index (χ1n) is 5.90. The monoisotopic (exact) mass is 299 g/mol. The normalized spacial score (nSPS) is 11.2. The average Bonchev–Trinajstić information content (AvgIpc) is 2.44. The van der Waals surface area contributed by atoms with Gasteiger partial charge in [0.05, 0.1) is 4.90 Å². The standard InChI is InChI=1S/C12H17N3O4S/c1-4-11(16)13-14-12(17)9-6-5-7-10(8-9)20(18,19)15(2)3/h5-8H,4H2,1-3H3,(H,13,16)(H,14,17). The molecule has 2 N–H and O–H groups in total. The lowest BCUT2D eigenvalue weighted by Gasteiger charge is -2.12. The minimum atomic E-state index is -3.60. The quantitative estimate of drug-likeness (QED) is 0.771. The van der Waals surface area contributed by atoms with Gasteiger partial charge in [-0.1, -0.05) is 13.0 Å². The smallest absolute Gasteiger partial charge is 0.269 e. The Balaban J connectivity index is 2.94. The topological polar surface area (TPSA) is 95.6 Å². The number of carbonyl (C=O) groups excluding carboxylic acids is 2. The van der Waals surface area contributed by atoms with Crippen LogP contribution >= 0.6 is 0 Å². The van der Waals surface area contributed by atoms with E-state index in [0.29, 0.717) is 0 Å². The van der Waals surface area contributed by atoms with E-state index in [1.165, 1.54) is 38.4 Å². The molecule has 0 atom stereocenters. The van der Waals surface area contributed by atoms with E-state index in [0.717, 1.165) is 4.31 Å². The minimum absolute atomic E-state index is 0.0111. The molecule has 0 fully saturated rings. The Morgan fingerprint density at radius 2 is 1.85 bits per heavy atom. The summed E-state index contributed by atoms with van der Waals surface area (Å²) < 4.78 is 24.9. The summed E-state index contributed by atoms with van der Waals surface area (Å²) in [6.45, 7) is 1.64. The highest BCUT2D eigenvalue weighted by atomic mass is 32.2. The number of amides is 2. The largest absolute Gasteiger partial charge is 0.273 e. The minimum Gasteiger partial charge on any atom is -0.273 e. The van der Waals surface area contributed by atoms with Crippen LogP contribution in [0, 0.1) is 0 Å². The fraction of sp³-hybridized carbons (Fsp3) is 0.333. The van der Waals surface area contributed by atoms with Crippen LogP contribution in [0.1, 0.15) is 23.7 Å². The lowest BCUT2D eigenvalue weighted by Crippen LogP contribution is -2.41. The highest BCUT2D eigenvalue weighted by Crippen LogP contribution is 2.14. The van der Waals surface area contributed by atoms with Crippen molar-refractivity contribution in [1.29, 1.82) is 0 Å². The van der Waals surface area contributed by atoms with E-state index in [9.17, 15) is 18.0 Å². The molecule has 0 spiro atoms. The number of nitrogens with zero attached hydrogens (tertiary/aromatic N) is 1. The molecule has 0 radical (unpaired) electrons. The van der Waals surface area contributed by atoms with Gasteiger partial charge in [0.15, 0.2) is 0 Å². The molecule has 1 aromatic carbocycles. The summed E-state index contributed by atoms with van der Waals surface area (Å²) in [7, 11) is -0.790. The van der Waals surface area contributed by atoms with Gasteiger partial charge >= 0.3 is 0 Å². The van der Waals surface area contributed by atoms with Crippen molar-refractivity contribution in [3.63, 3.8) is 0 Å². The van der Waals surface area contributed by atoms with Gasteiger partial charge in [0, 0.05) is 26.1 Å². The highest BCUT2D eigenvalue weighted by Gasteiger charge is 2.18. The van der Waals surface area contributed by atoms with Crippen molar-refractivity contribution in [2.45, 2.75) is 18.2 Å². The Morgan fingerprint density at radius 3 is 2.40 bits per heavy atom. The van der Waals surface area contributed by atoms with E-state index in [2.05, 4.69) is 10.9 Å². The van der Waals surface area contributed by atoms with Gasteiger partial charge in [0.2, 0.25) is 15.9 Å². The average molecular weight is 299 g/mol. The zero-order valence-corrected chi connectivity index (χ0v) is 12.3. The van der Waals surface area contributed by atoms with Crippen LogP contribution in [0.5, 0.6) is 0 Å². The number of hydrogen-bond donors (Lipinski definition) is 2. The van der Waals surface area contributed by atoms with Crippen LogP contribution in [-0.2, 0) is 14.8 Å². The zero-order chi connectivity index (χ0) is 15.3. The van der Waals surface area contributed by atoms with Gasteiger partial charge in [0.25, 0.3) is 5.91 Å². The number of nitrogens with one attached hydrogen (secondary N) is 2. The maximum absolute atomic E-state index is 11.9. The second-order valence-electron chi connectivity index (χ2n) is 4.17. The Morgan fingerprint density at radius 1 is 1.20 bits per heavy atom. The number of sulfonamides is 1. The molecule has 7 nitrogen and oxygen atoms in total. The fourth-order valence-electron chi connectivity index (χ4n) is 1.30. The Bertz CT molecular complexity index is 611. The Labute approximate surface area is 118 Å². The summed E-state index contributed by atoms with van der Waals surface area (Å²) in [5.41, 5.74) is 4.57. The summed E-state index contributed by atoms with van der Waals surface area (Å²) in [5.74, 6) is -0.918. The van der Waals surface area contributed by atoms with Crippen molar-refractivity contribution in [1.82, 2.24) is 15.2 Å². The molecule has 0 aliphatic heterocycles. The molecule has 0 aromatic heterocycles. The van der Waals surface area contributed by atoms with Crippen LogP contribution in [0.2, 0.25) is 0 Å². The molecular formula is C12H17N3O4S. The van der Waals surface area contributed by atoms with Crippen LogP contribution in [-0.4, -0.2) is 38.6 Å². The predicted molar refractivity (Wildman–Crippen MR) is 73.2 cm³/mol. The second-order valence-corrected chi connectivity index (χ2v) is 6.32. The van der Waals surface area contributed by atoms with Gasteiger partial charge in [-0.15, -0.1) is 0 Å².